The van der Waals surface area contributed by atoms with E-state index in [1.54, 1.807) is 12.1 Å². The van der Waals surface area contributed by atoms with Gasteiger partial charge in [-0.2, -0.15) is 13.7 Å². The van der Waals surface area contributed by atoms with Crippen LogP contribution >= 0.6 is 11.6 Å². The van der Waals surface area contributed by atoms with Gasteiger partial charge >= 0.3 is 15.7 Å². The van der Waals surface area contributed by atoms with Crippen LogP contribution < -0.4 is 9.81 Å². The van der Waals surface area contributed by atoms with E-state index in [0.717, 1.165) is 6.07 Å². The van der Waals surface area contributed by atoms with Gasteiger partial charge in [0.1, 0.15) is 22.3 Å². The maximum atomic E-state index is 12.3. The second-order valence-corrected chi connectivity index (χ2v) is 6.70. The first-order chi connectivity index (χ1) is 11.4. The van der Waals surface area contributed by atoms with E-state index in [4.69, 9.17) is 25.5 Å². The lowest BCUT2D eigenvalue weighted by Gasteiger charge is -2.08. The van der Waals surface area contributed by atoms with Gasteiger partial charge < -0.3 is 8.60 Å². The van der Waals surface area contributed by atoms with Gasteiger partial charge in [0.15, 0.2) is 0 Å². The number of rotatable bonds is 3. The molecule has 0 aliphatic carbocycles. The Morgan fingerprint density at radius 1 is 1.08 bits per heavy atom. The first-order valence-corrected chi connectivity index (χ1v) is 8.36. The molecule has 0 fully saturated rings. The molecule has 0 N–H and O–H groups in total. The summed E-state index contributed by atoms with van der Waals surface area (Å²) in [6.45, 7) is 0. The van der Waals surface area contributed by atoms with Crippen LogP contribution in [0.15, 0.2) is 62.6 Å². The molecule has 0 saturated heterocycles. The molecule has 3 rings (SSSR count). The summed E-state index contributed by atoms with van der Waals surface area (Å²) >= 11 is 5.84. The van der Waals surface area contributed by atoms with Crippen molar-refractivity contribution in [3.8, 4) is 11.8 Å². The predicted molar refractivity (Wildman–Crippen MR) is 86.5 cm³/mol. The number of hydrogen-bond donors (Lipinski definition) is 0. The molecule has 0 aliphatic heterocycles. The van der Waals surface area contributed by atoms with Gasteiger partial charge in [0, 0.05) is 17.5 Å². The van der Waals surface area contributed by atoms with E-state index in [1.807, 2.05) is 6.07 Å². The van der Waals surface area contributed by atoms with Crippen molar-refractivity contribution >= 4 is 32.7 Å². The molecule has 2 aromatic carbocycles. The van der Waals surface area contributed by atoms with Crippen LogP contribution in [0.5, 0.6) is 5.75 Å². The van der Waals surface area contributed by atoms with Crippen molar-refractivity contribution in [3.05, 3.63) is 69.5 Å². The fraction of sp³-hybridized carbons (Fsp3) is 0. The summed E-state index contributed by atoms with van der Waals surface area (Å²) in [5, 5.41) is 9.45. The molecule has 0 radical (unpaired) electrons. The van der Waals surface area contributed by atoms with Crippen molar-refractivity contribution in [1.82, 2.24) is 0 Å². The van der Waals surface area contributed by atoms with Crippen molar-refractivity contribution < 1.29 is 17.0 Å². The highest BCUT2D eigenvalue weighted by Crippen LogP contribution is 2.25. The first-order valence-electron chi connectivity index (χ1n) is 6.57. The molecule has 0 atom stereocenters. The van der Waals surface area contributed by atoms with Gasteiger partial charge in [-0.3, -0.25) is 0 Å². The van der Waals surface area contributed by atoms with Crippen molar-refractivity contribution in [3.63, 3.8) is 0 Å². The Hall–Kier alpha value is -2.82. The van der Waals surface area contributed by atoms with Crippen molar-refractivity contribution in [2.45, 2.75) is 4.90 Å². The lowest BCUT2D eigenvalue weighted by molar-refractivity contribution is 0.485. The second-order valence-electron chi connectivity index (χ2n) is 4.74. The van der Waals surface area contributed by atoms with Crippen LogP contribution in [0, 0.1) is 11.3 Å². The summed E-state index contributed by atoms with van der Waals surface area (Å²) in [6, 6.07) is 12.6. The van der Waals surface area contributed by atoms with Crippen LogP contribution in [0.2, 0.25) is 5.02 Å². The summed E-state index contributed by atoms with van der Waals surface area (Å²) in [6.07, 6.45) is 0. The molecule has 0 amide bonds. The maximum absolute atomic E-state index is 12.3. The van der Waals surface area contributed by atoms with E-state index in [9.17, 15) is 13.2 Å². The highest BCUT2D eigenvalue weighted by molar-refractivity contribution is 7.87. The summed E-state index contributed by atoms with van der Waals surface area (Å²) < 4.78 is 34.6. The van der Waals surface area contributed by atoms with Crippen LogP contribution in [-0.2, 0) is 10.1 Å². The van der Waals surface area contributed by atoms with Gasteiger partial charge in [-0.15, -0.1) is 0 Å². The van der Waals surface area contributed by atoms with E-state index in [-0.39, 0.29) is 26.8 Å². The van der Waals surface area contributed by atoms with Gasteiger partial charge in [-0.1, -0.05) is 11.6 Å². The van der Waals surface area contributed by atoms with Gasteiger partial charge in [-0.05, 0) is 36.4 Å². The molecule has 0 spiro atoms. The van der Waals surface area contributed by atoms with E-state index in [2.05, 4.69) is 0 Å². The molecule has 1 aromatic heterocycles. The molecule has 3 aromatic rings. The molecule has 1 heterocycles. The smallest absolute Gasteiger partial charge is 0.339 e. The average molecular weight is 362 g/mol. The van der Waals surface area contributed by atoms with Crippen LogP contribution in [0.25, 0.3) is 11.0 Å². The SMILES string of the molecule is N#Cc1ccc(S(=O)(=O)Oc2ccc3ccc(=O)oc3c2)cc1Cl. The molecule has 0 saturated carbocycles. The van der Waals surface area contributed by atoms with E-state index in [0.29, 0.717) is 5.39 Å². The Balaban J connectivity index is 1.99. The minimum absolute atomic E-state index is 0.00619. The number of hydrogen-bond acceptors (Lipinski definition) is 6. The third kappa shape index (κ3) is 3.11. The van der Waals surface area contributed by atoms with Gasteiger partial charge in [0.25, 0.3) is 0 Å². The summed E-state index contributed by atoms with van der Waals surface area (Å²) in [5.74, 6) is -0.0164. The Morgan fingerprint density at radius 3 is 2.54 bits per heavy atom. The van der Waals surface area contributed by atoms with Crippen molar-refractivity contribution in [2.24, 2.45) is 0 Å². The summed E-state index contributed by atoms with van der Waals surface area (Å²) in [7, 11) is -4.15. The van der Waals surface area contributed by atoms with Gasteiger partial charge in [0.2, 0.25) is 0 Å². The summed E-state index contributed by atoms with van der Waals surface area (Å²) in [5.41, 5.74) is -0.197. The van der Waals surface area contributed by atoms with E-state index >= 15 is 0 Å². The number of benzene rings is 2. The highest BCUT2D eigenvalue weighted by Gasteiger charge is 2.18. The third-order valence-electron chi connectivity index (χ3n) is 3.15. The van der Waals surface area contributed by atoms with Crippen molar-refractivity contribution in [2.75, 3.05) is 0 Å². The fourth-order valence-corrected chi connectivity index (χ4v) is 3.25. The fourth-order valence-electron chi connectivity index (χ4n) is 2.01. The van der Waals surface area contributed by atoms with Crippen LogP contribution in [0.1, 0.15) is 5.56 Å². The van der Waals surface area contributed by atoms with Crippen LogP contribution in [0.3, 0.4) is 0 Å². The third-order valence-corrected chi connectivity index (χ3v) is 4.71. The molecule has 120 valence electrons. The van der Waals surface area contributed by atoms with Crippen LogP contribution in [-0.4, -0.2) is 8.42 Å². The zero-order valence-electron chi connectivity index (χ0n) is 11.9. The quantitative estimate of drug-likeness (QED) is 0.525. The minimum atomic E-state index is -4.15. The van der Waals surface area contributed by atoms with Gasteiger partial charge in [0.05, 0.1) is 10.6 Å². The molecular weight excluding hydrogens is 354 g/mol. The standard InChI is InChI=1S/C16H8ClNO5S/c17-14-8-13(5-2-11(14)9-18)24(20,21)23-12-4-1-10-3-6-16(19)22-15(10)7-12/h1-8H. The number of nitrogens with zero attached hydrogens (tertiary/aromatic N) is 1. The molecular formula is C16H8ClNO5S. The predicted octanol–water partition coefficient (Wildman–Crippen LogP) is 3.09. The Labute approximate surface area is 141 Å². The molecule has 0 bridgehead atoms. The largest absolute Gasteiger partial charge is 0.423 e. The first kappa shape index (κ1) is 16.1. The lowest BCUT2D eigenvalue weighted by atomic mass is 10.2. The molecule has 6 nitrogen and oxygen atoms in total. The average Bonchev–Trinajstić information content (AvgIpc) is 2.54. The topological polar surface area (TPSA) is 97.4 Å². The monoisotopic (exact) mass is 361 g/mol. The number of nitriles is 1. The van der Waals surface area contributed by atoms with E-state index < -0.39 is 15.7 Å². The van der Waals surface area contributed by atoms with Gasteiger partial charge in [-0.25, -0.2) is 4.79 Å². The molecule has 0 aliphatic rings. The molecule has 24 heavy (non-hydrogen) atoms. The minimum Gasteiger partial charge on any atom is -0.423 e. The highest BCUT2D eigenvalue weighted by atomic mass is 35.5. The Bertz CT molecular complexity index is 1150. The van der Waals surface area contributed by atoms with E-state index in [1.165, 1.54) is 30.3 Å². The Kier molecular flexibility index (Phi) is 4.01. The molecule has 0 unspecified atom stereocenters. The maximum Gasteiger partial charge on any atom is 0.339 e. The zero-order chi connectivity index (χ0) is 17.3. The number of fused-ring (bicyclic) bond motifs is 1. The van der Waals surface area contributed by atoms with Crippen molar-refractivity contribution in [1.29, 1.82) is 5.26 Å². The summed E-state index contributed by atoms with van der Waals surface area (Å²) in [4.78, 5) is 11.0. The Morgan fingerprint density at radius 2 is 1.83 bits per heavy atom. The second kappa shape index (κ2) is 6.00. The van der Waals surface area contributed by atoms with Crippen LogP contribution in [0.4, 0.5) is 0 Å². The normalized spacial score (nSPS) is 11.2. The zero-order valence-corrected chi connectivity index (χ0v) is 13.5. The number of halogens is 1. The molecule has 8 heteroatoms. The lowest BCUT2D eigenvalue weighted by Crippen LogP contribution is -2.10.